The molecule has 0 atom stereocenters. The molecule has 2 N–H and O–H groups in total. The molecule has 2 saturated heterocycles. The van der Waals surface area contributed by atoms with Crippen LogP contribution in [0.5, 0.6) is 0 Å². The molecule has 2 aliphatic rings. The largest absolute Gasteiger partial charge is 0.381 e. The molecular formula is C17H24ClN3O2. The molecule has 6 heteroatoms. The average molecular weight is 338 g/mol. The molecule has 0 unspecified atom stereocenters. The van der Waals surface area contributed by atoms with Crippen LogP contribution in [0, 0.1) is 5.41 Å². The first-order valence-electron chi connectivity index (χ1n) is 8.22. The van der Waals surface area contributed by atoms with Crippen LogP contribution in [-0.2, 0) is 9.53 Å². The Hall–Kier alpha value is -1.30. The summed E-state index contributed by atoms with van der Waals surface area (Å²) in [5, 5.41) is 0.743. The van der Waals surface area contributed by atoms with Gasteiger partial charge in [-0.3, -0.25) is 4.79 Å². The van der Waals surface area contributed by atoms with Crippen molar-refractivity contribution < 1.29 is 9.53 Å². The second-order valence-electron chi connectivity index (χ2n) is 6.35. The smallest absolute Gasteiger partial charge is 0.230 e. The van der Waals surface area contributed by atoms with Crippen LogP contribution in [0.15, 0.2) is 24.3 Å². The molecular weight excluding hydrogens is 314 g/mol. The molecule has 5 nitrogen and oxygen atoms in total. The summed E-state index contributed by atoms with van der Waals surface area (Å²) in [6.07, 6.45) is 1.47. The summed E-state index contributed by atoms with van der Waals surface area (Å²) in [6.45, 7) is 4.83. The van der Waals surface area contributed by atoms with Crippen LogP contribution in [0.3, 0.4) is 0 Å². The number of piperazine rings is 1. The van der Waals surface area contributed by atoms with Gasteiger partial charge in [-0.15, -0.1) is 0 Å². The first-order valence-corrected chi connectivity index (χ1v) is 8.60. The summed E-state index contributed by atoms with van der Waals surface area (Å²) >= 11 is 5.94. The average Bonchev–Trinajstić information content (AvgIpc) is 2.62. The van der Waals surface area contributed by atoms with Gasteiger partial charge < -0.3 is 20.3 Å². The predicted octanol–water partition coefficient (Wildman–Crippen LogP) is 1.74. The minimum Gasteiger partial charge on any atom is -0.381 e. The molecule has 3 rings (SSSR count). The molecule has 1 amide bonds. The summed E-state index contributed by atoms with van der Waals surface area (Å²) in [5.41, 5.74) is 6.69. The van der Waals surface area contributed by atoms with Crippen LogP contribution >= 0.6 is 11.6 Å². The third kappa shape index (κ3) is 3.47. The number of hydrogen-bond acceptors (Lipinski definition) is 4. The summed E-state index contributed by atoms with van der Waals surface area (Å²) in [5.74, 6) is 0.207. The van der Waals surface area contributed by atoms with E-state index in [1.165, 1.54) is 0 Å². The van der Waals surface area contributed by atoms with Crippen molar-refractivity contribution in [3.05, 3.63) is 29.3 Å². The normalized spacial score (nSPS) is 21.3. The summed E-state index contributed by atoms with van der Waals surface area (Å²) in [4.78, 5) is 17.2. The standard InChI is InChI=1S/C17H24ClN3O2/c18-14-1-3-15(4-2-14)20-7-9-21(10-8-20)16(22)17(13-19)5-11-23-12-6-17/h1-4H,5-13,19H2. The van der Waals surface area contributed by atoms with Crippen LogP contribution in [0.4, 0.5) is 5.69 Å². The predicted molar refractivity (Wildman–Crippen MR) is 91.8 cm³/mol. The number of amides is 1. The van der Waals surface area contributed by atoms with Gasteiger partial charge in [-0.25, -0.2) is 0 Å². The van der Waals surface area contributed by atoms with E-state index in [2.05, 4.69) is 4.90 Å². The van der Waals surface area contributed by atoms with Crippen LogP contribution in [0.2, 0.25) is 5.02 Å². The third-order valence-corrected chi connectivity index (χ3v) is 5.30. The molecule has 1 aromatic rings. The zero-order valence-electron chi connectivity index (χ0n) is 13.3. The summed E-state index contributed by atoms with van der Waals surface area (Å²) in [6, 6.07) is 7.86. The molecule has 126 valence electrons. The van der Waals surface area contributed by atoms with Gasteiger partial charge in [0.2, 0.25) is 5.91 Å². The highest BCUT2D eigenvalue weighted by molar-refractivity contribution is 6.30. The molecule has 23 heavy (non-hydrogen) atoms. The van der Waals surface area contributed by atoms with Gasteiger partial charge in [-0.05, 0) is 37.1 Å². The lowest BCUT2D eigenvalue weighted by molar-refractivity contribution is -0.147. The van der Waals surface area contributed by atoms with E-state index in [-0.39, 0.29) is 5.91 Å². The van der Waals surface area contributed by atoms with E-state index in [0.29, 0.717) is 19.8 Å². The quantitative estimate of drug-likeness (QED) is 0.912. The zero-order chi connectivity index (χ0) is 16.3. The Morgan fingerprint density at radius 1 is 1.13 bits per heavy atom. The minimum atomic E-state index is -0.416. The van der Waals surface area contributed by atoms with Crippen LogP contribution < -0.4 is 10.6 Å². The number of nitrogens with zero attached hydrogens (tertiary/aromatic N) is 2. The number of nitrogens with two attached hydrogens (primary N) is 1. The van der Waals surface area contributed by atoms with Crippen LogP contribution in [-0.4, -0.2) is 56.7 Å². The monoisotopic (exact) mass is 337 g/mol. The van der Waals surface area contributed by atoms with Gasteiger partial charge in [0.05, 0.1) is 5.41 Å². The number of halogens is 1. The number of hydrogen-bond donors (Lipinski definition) is 1. The van der Waals surface area contributed by atoms with Gasteiger partial charge in [-0.2, -0.15) is 0 Å². The Balaban J connectivity index is 1.61. The van der Waals surface area contributed by atoms with E-state index in [9.17, 15) is 4.79 Å². The molecule has 0 radical (unpaired) electrons. The van der Waals surface area contributed by atoms with Gasteiger partial charge in [-0.1, -0.05) is 11.6 Å². The number of benzene rings is 1. The number of anilines is 1. The SMILES string of the molecule is NCC1(C(=O)N2CCN(c3ccc(Cl)cc3)CC2)CCOCC1. The van der Waals surface area contributed by atoms with Crippen LogP contribution in [0.1, 0.15) is 12.8 Å². The number of rotatable bonds is 3. The Morgan fingerprint density at radius 2 is 1.74 bits per heavy atom. The highest BCUT2D eigenvalue weighted by atomic mass is 35.5. The Morgan fingerprint density at radius 3 is 2.30 bits per heavy atom. The van der Waals surface area contributed by atoms with Crippen molar-refractivity contribution in [2.24, 2.45) is 11.1 Å². The van der Waals surface area contributed by atoms with Gasteiger partial charge in [0.1, 0.15) is 0 Å². The van der Waals surface area contributed by atoms with E-state index in [1.807, 2.05) is 29.2 Å². The highest BCUT2D eigenvalue weighted by Crippen LogP contribution is 2.32. The lowest BCUT2D eigenvalue weighted by atomic mass is 9.78. The molecule has 2 fully saturated rings. The van der Waals surface area contributed by atoms with Crippen molar-refractivity contribution in [2.75, 3.05) is 50.8 Å². The van der Waals surface area contributed by atoms with E-state index in [0.717, 1.165) is 49.7 Å². The van der Waals surface area contributed by atoms with Crippen molar-refractivity contribution in [3.8, 4) is 0 Å². The van der Waals surface area contributed by atoms with Gasteiger partial charge in [0.25, 0.3) is 0 Å². The second-order valence-corrected chi connectivity index (χ2v) is 6.79. The number of carbonyl (C=O) groups excluding carboxylic acids is 1. The first-order chi connectivity index (χ1) is 11.1. The van der Waals surface area contributed by atoms with Gasteiger partial charge >= 0.3 is 0 Å². The van der Waals surface area contributed by atoms with Gasteiger partial charge in [0.15, 0.2) is 0 Å². The van der Waals surface area contributed by atoms with Crippen molar-refractivity contribution in [1.82, 2.24) is 4.90 Å². The molecule has 2 aliphatic heterocycles. The topological polar surface area (TPSA) is 58.8 Å². The fourth-order valence-corrected chi connectivity index (χ4v) is 3.55. The van der Waals surface area contributed by atoms with Crippen LogP contribution in [0.25, 0.3) is 0 Å². The number of carbonyl (C=O) groups is 1. The molecule has 0 spiro atoms. The lowest BCUT2D eigenvalue weighted by Gasteiger charge is -2.42. The van der Waals surface area contributed by atoms with Crippen molar-refractivity contribution >= 4 is 23.2 Å². The molecule has 0 bridgehead atoms. The van der Waals surface area contributed by atoms with Crippen molar-refractivity contribution in [1.29, 1.82) is 0 Å². The van der Waals surface area contributed by atoms with Gasteiger partial charge in [0, 0.05) is 56.6 Å². The fourth-order valence-electron chi connectivity index (χ4n) is 3.42. The molecule has 0 aliphatic carbocycles. The first kappa shape index (κ1) is 16.6. The van der Waals surface area contributed by atoms with E-state index >= 15 is 0 Å². The Bertz CT molecular complexity index is 535. The van der Waals surface area contributed by atoms with E-state index < -0.39 is 5.41 Å². The van der Waals surface area contributed by atoms with Crippen molar-refractivity contribution in [2.45, 2.75) is 12.8 Å². The minimum absolute atomic E-state index is 0.207. The highest BCUT2D eigenvalue weighted by Gasteiger charge is 2.42. The number of ether oxygens (including phenoxy) is 1. The fraction of sp³-hybridized carbons (Fsp3) is 0.588. The molecule has 0 saturated carbocycles. The summed E-state index contributed by atoms with van der Waals surface area (Å²) < 4.78 is 5.40. The molecule has 1 aromatic carbocycles. The van der Waals surface area contributed by atoms with E-state index in [1.54, 1.807) is 0 Å². The molecule has 2 heterocycles. The zero-order valence-corrected chi connectivity index (χ0v) is 14.1. The maximum atomic E-state index is 12.9. The second kappa shape index (κ2) is 7.07. The maximum absolute atomic E-state index is 12.9. The molecule has 0 aromatic heterocycles. The Kier molecular flexibility index (Phi) is 5.09. The van der Waals surface area contributed by atoms with Crippen molar-refractivity contribution in [3.63, 3.8) is 0 Å². The van der Waals surface area contributed by atoms with E-state index in [4.69, 9.17) is 22.1 Å². The Labute approximate surface area is 142 Å². The maximum Gasteiger partial charge on any atom is 0.230 e. The third-order valence-electron chi connectivity index (χ3n) is 5.05. The lowest BCUT2D eigenvalue weighted by Crippen LogP contribution is -2.56. The summed E-state index contributed by atoms with van der Waals surface area (Å²) in [7, 11) is 0.